The Morgan fingerprint density at radius 1 is 0.960 bits per heavy atom. The number of aromatic nitrogens is 3. The van der Waals surface area contributed by atoms with Crippen molar-refractivity contribution in [1.82, 2.24) is 35.2 Å². The van der Waals surface area contributed by atoms with Gasteiger partial charge in [-0.25, -0.2) is 14.1 Å². The molecule has 4 heterocycles. The number of hydrogen-bond donors (Lipinski definition) is 3. The van der Waals surface area contributed by atoms with Gasteiger partial charge in [0.25, 0.3) is 0 Å². The third-order valence-electron chi connectivity index (χ3n) is 9.72. The minimum atomic E-state index is -0.406. The number of benzene rings is 2. The maximum absolute atomic E-state index is 15.0. The quantitative estimate of drug-likeness (QED) is 0.177. The van der Waals surface area contributed by atoms with Gasteiger partial charge in [-0.2, -0.15) is 5.10 Å². The average Bonchev–Trinajstić information content (AvgIpc) is 3.55. The van der Waals surface area contributed by atoms with Gasteiger partial charge in [0.05, 0.1) is 17.3 Å². The highest BCUT2D eigenvalue weighted by atomic mass is 19.1. The van der Waals surface area contributed by atoms with Gasteiger partial charge in [-0.1, -0.05) is 31.2 Å². The van der Waals surface area contributed by atoms with Crippen LogP contribution in [0.5, 0.6) is 0 Å². The molecular formula is C38H49FN8O3. The summed E-state index contributed by atoms with van der Waals surface area (Å²) < 4.78 is 22.5. The summed E-state index contributed by atoms with van der Waals surface area (Å²) in [5.41, 5.74) is 6.71. The van der Waals surface area contributed by atoms with Gasteiger partial charge < -0.3 is 25.6 Å². The predicted molar refractivity (Wildman–Crippen MR) is 193 cm³/mol. The van der Waals surface area contributed by atoms with Crippen LogP contribution in [0.3, 0.4) is 0 Å². The van der Waals surface area contributed by atoms with Crippen molar-refractivity contribution >= 4 is 28.5 Å². The lowest BCUT2D eigenvalue weighted by molar-refractivity contribution is -0.129. The standard InChI is InChI=1S/C38H49FN8O3/c1-4-34-31(37(43-29-11-17-50-18-12-29)32-24-42-47(5-2)38(32)44-34)23-41-36(49)21-35(48)40-22-26-9-10-33(39)30(20-26)28-8-6-7-27(19-28)25-46-15-13-45(3)14-16-46/h6-10,19-20,24,29H,4-5,11-18,21-23,25H2,1-3H3,(H,40,48)(H,41,49)(H,43,44). The van der Waals surface area contributed by atoms with E-state index in [1.807, 2.05) is 42.9 Å². The SMILES string of the molecule is CCc1nc2c(cnn2CC)c(NC2CCOCC2)c1CNC(=O)CC(=O)NCc1ccc(F)c(-c2cccc(CN3CCN(C)CC3)c2)c1. The van der Waals surface area contributed by atoms with Crippen LogP contribution in [0, 0.1) is 5.82 Å². The first-order chi connectivity index (χ1) is 24.3. The Balaban J connectivity index is 1.07. The van der Waals surface area contributed by atoms with Crippen molar-refractivity contribution in [2.24, 2.45) is 0 Å². The summed E-state index contributed by atoms with van der Waals surface area (Å²) in [7, 11) is 2.14. The minimum absolute atomic E-state index is 0.182. The van der Waals surface area contributed by atoms with E-state index in [1.54, 1.807) is 12.1 Å². The molecule has 0 radical (unpaired) electrons. The zero-order valence-corrected chi connectivity index (χ0v) is 29.4. The number of aryl methyl sites for hydroxylation is 2. The lowest BCUT2D eigenvalue weighted by atomic mass is 10.00. The van der Waals surface area contributed by atoms with Gasteiger partial charge in [-0.3, -0.25) is 14.5 Å². The van der Waals surface area contributed by atoms with E-state index in [2.05, 4.69) is 44.0 Å². The van der Waals surface area contributed by atoms with Gasteiger partial charge in [-0.15, -0.1) is 0 Å². The minimum Gasteiger partial charge on any atom is -0.381 e. The molecule has 2 aromatic carbocycles. The second kappa shape index (κ2) is 16.5. The summed E-state index contributed by atoms with van der Waals surface area (Å²) in [6.07, 6.45) is 3.96. The van der Waals surface area contributed by atoms with E-state index < -0.39 is 5.91 Å². The number of carbonyl (C=O) groups excluding carboxylic acids is 2. The van der Waals surface area contributed by atoms with Crippen LogP contribution >= 0.6 is 0 Å². The Kier molecular flexibility index (Phi) is 11.7. The first-order valence-electron chi connectivity index (χ1n) is 17.8. The molecule has 2 amide bonds. The fourth-order valence-electron chi connectivity index (χ4n) is 6.76. The van der Waals surface area contributed by atoms with E-state index in [1.165, 1.54) is 6.07 Å². The molecule has 0 unspecified atom stereocenters. The molecule has 3 N–H and O–H groups in total. The number of rotatable bonds is 13. The number of hydrogen-bond acceptors (Lipinski definition) is 8. The maximum atomic E-state index is 15.0. The van der Waals surface area contributed by atoms with Crippen LogP contribution < -0.4 is 16.0 Å². The molecule has 4 aromatic rings. The number of halogens is 1. The van der Waals surface area contributed by atoms with Crippen LogP contribution in [-0.4, -0.2) is 88.9 Å². The van der Waals surface area contributed by atoms with Crippen LogP contribution in [0.2, 0.25) is 0 Å². The molecule has 0 aliphatic carbocycles. The molecule has 266 valence electrons. The molecule has 2 aliphatic rings. The van der Waals surface area contributed by atoms with Crippen molar-refractivity contribution in [2.45, 2.75) is 71.8 Å². The lowest BCUT2D eigenvalue weighted by Crippen LogP contribution is -2.43. The molecule has 2 aromatic heterocycles. The van der Waals surface area contributed by atoms with Gasteiger partial charge in [0.1, 0.15) is 12.2 Å². The van der Waals surface area contributed by atoms with E-state index in [9.17, 15) is 9.59 Å². The zero-order chi connectivity index (χ0) is 35.0. The highest BCUT2D eigenvalue weighted by Crippen LogP contribution is 2.31. The first kappa shape index (κ1) is 35.4. The van der Waals surface area contributed by atoms with Crippen molar-refractivity contribution in [2.75, 3.05) is 51.8 Å². The van der Waals surface area contributed by atoms with Crippen molar-refractivity contribution in [1.29, 1.82) is 0 Å². The topological polar surface area (TPSA) is 117 Å². The second-order valence-corrected chi connectivity index (χ2v) is 13.3. The highest BCUT2D eigenvalue weighted by molar-refractivity contribution is 5.97. The van der Waals surface area contributed by atoms with Crippen LogP contribution in [0.1, 0.15) is 55.5 Å². The Labute approximate surface area is 293 Å². The van der Waals surface area contributed by atoms with Gasteiger partial charge in [0.2, 0.25) is 11.8 Å². The summed E-state index contributed by atoms with van der Waals surface area (Å²) in [5.74, 6) is -1.11. The average molecular weight is 685 g/mol. The summed E-state index contributed by atoms with van der Waals surface area (Å²) in [4.78, 5) is 35.6. The molecule has 2 saturated heterocycles. The lowest BCUT2D eigenvalue weighted by Gasteiger charge is -2.32. The van der Waals surface area contributed by atoms with E-state index in [0.29, 0.717) is 31.7 Å². The third-order valence-corrected chi connectivity index (χ3v) is 9.72. The van der Waals surface area contributed by atoms with E-state index in [-0.39, 0.29) is 37.3 Å². The first-order valence-corrected chi connectivity index (χ1v) is 17.8. The van der Waals surface area contributed by atoms with Crippen molar-refractivity contribution in [3.8, 4) is 11.1 Å². The fraction of sp³-hybridized carbons (Fsp3) is 0.474. The molecule has 2 aliphatic heterocycles. The zero-order valence-electron chi connectivity index (χ0n) is 29.4. The maximum Gasteiger partial charge on any atom is 0.229 e. The Morgan fingerprint density at radius 3 is 2.46 bits per heavy atom. The fourth-order valence-corrected chi connectivity index (χ4v) is 6.76. The molecule has 12 heteroatoms. The third kappa shape index (κ3) is 8.66. The molecule has 50 heavy (non-hydrogen) atoms. The molecule has 6 rings (SSSR count). The summed E-state index contributed by atoms with van der Waals surface area (Å²) in [5, 5.41) is 15.0. The van der Waals surface area contributed by atoms with E-state index >= 15 is 4.39 Å². The molecular weight excluding hydrogens is 635 g/mol. The number of likely N-dealkylation sites (N-methyl/N-ethyl adjacent to an activating group) is 1. The van der Waals surface area contributed by atoms with Gasteiger partial charge in [0, 0.05) is 88.4 Å². The van der Waals surface area contributed by atoms with E-state index in [0.717, 1.165) is 90.2 Å². The number of carbonyl (C=O) groups is 2. The van der Waals surface area contributed by atoms with Crippen LogP contribution in [0.4, 0.5) is 10.1 Å². The number of pyridine rings is 1. The monoisotopic (exact) mass is 684 g/mol. The number of fused-ring (bicyclic) bond motifs is 1. The smallest absolute Gasteiger partial charge is 0.229 e. The summed E-state index contributed by atoms with van der Waals surface area (Å²) >= 11 is 0. The molecule has 0 saturated carbocycles. The molecule has 11 nitrogen and oxygen atoms in total. The van der Waals surface area contributed by atoms with Gasteiger partial charge in [0.15, 0.2) is 5.65 Å². The second-order valence-electron chi connectivity index (χ2n) is 13.3. The van der Waals surface area contributed by atoms with Crippen LogP contribution in [-0.2, 0) is 46.9 Å². The van der Waals surface area contributed by atoms with Gasteiger partial charge in [-0.05, 0) is 68.1 Å². The van der Waals surface area contributed by atoms with Gasteiger partial charge >= 0.3 is 0 Å². The van der Waals surface area contributed by atoms with Crippen molar-refractivity contribution < 1.29 is 18.7 Å². The van der Waals surface area contributed by atoms with E-state index in [4.69, 9.17) is 9.72 Å². The van der Waals surface area contributed by atoms with Crippen molar-refractivity contribution in [3.63, 3.8) is 0 Å². The number of nitrogens with zero attached hydrogens (tertiary/aromatic N) is 5. The highest BCUT2D eigenvalue weighted by Gasteiger charge is 2.22. The number of ether oxygens (including phenoxy) is 1. The number of amides is 2. The summed E-state index contributed by atoms with van der Waals surface area (Å²) in [6, 6.07) is 13.1. The predicted octanol–water partition coefficient (Wildman–Crippen LogP) is 4.48. The number of anilines is 1. The Morgan fingerprint density at radius 2 is 1.72 bits per heavy atom. The number of nitrogens with one attached hydrogen (secondary N) is 3. The number of piperazine rings is 1. The van der Waals surface area contributed by atoms with Crippen molar-refractivity contribution in [3.05, 3.63) is 76.9 Å². The molecule has 0 spiro atoms. The Bertz CT molecular complexity index is 1800. The molecule has 2 fully saturated rings. The normalized spacial score (nSPS) is 16.1. The molecule has 0 atom stereocenters. The Hall–Kier alpha value is -4.39. The van der Waals surface area contributed by atoms with Crippen LogP contribution in [0.15, 0.2) is 48.7 Å². The summed E-state index contributed by atoms with van der Waals surface area (Å²) in [6.45, 7) is 11.5. The van der Waals surface area contributed by atoms with Crippen LogP contribution in [0.25, 0.3) is 22.2 Å². The molecule has 0 bridgehead atoms. The largest absolute Gasteiger partial charge is 0.381 e.